The summed E-state index contributed by atoms with van der Waals surface area (Å²) in [6, 6.07) is 15.2. The average Bonchev–Trinajstić information content (AvgIpc) is 2.75. The lowest BCUT2D eigenvalue weighted by Gasteiger charge is -2.19. The molecule has 2 N–H and O–H groups in total. The Morgan fingerprint density at radius 2 is 1.83 bits per heavy atom. The molecule has 8 heteroatoms. The van der Waals surface area contributed by atoms with Crippen LogP contribution in [0.25, 0.3) is 0 Å². The van der Waals surface area contributed by atoms with Crippen molar-refractivity contribution in [2.45, 2.75) is 6.42 Å². The molecule has 0 unspecified atom stereocenters. The maximum absolute atomic E-state index is 13.6. The quantitative estimate of drug-likeness (QED) is 0.668. The largest absolute Gasteiger partial charge is 0.486 e. The van der Waals surface area contributed by atoms with Crippen LogP contribution in [0.4, 0.5) is 15.9 Å². The molecule has 4 rings (SSSR count). The lowest BCUT2D eigenvalue weighted by atomic mass is 10.1. The minimum absolute atomic E-state index is 0.186. The van der Waals surface area contributed by atoms with Gasteiger partial charge in [-0.2, -0.15) is 0 Å². The highest BCUT2D eigenvalue weighted by Crippen LogP contribution is 2.33. The number of nitrogens with one attached hydrogen (secondary N) is 2. The van der Waals surface area contributed by atoms with Gasteiger partial charge in [-0.1, -0.05) is 18.2 Å². The first kappa shape index (κ1) is 18.7. The van der Waals surface area contributed by atoms with Gasteiger partial charge >= 0.3 is 0 Å². The van der Waals surface area contributed by atoms with Gasteiger partial charge in [0, 0.05) is 18.3 Å². The third-order valence-electron chi connectivity index (χ3n) is 4.35. The Morgan fingerprint density at radius 1 is 1.00 bits per heavy atom. The van der Waals surface area contributed by atoms with E-state index in [2.05, 4.69) is 20.8 Å². The van der Waals surface area contributed by atoms with E-state index in [4.69, 9.17) is 9.47 Å². The van der Waals surface area contributed by atoms with Crippen molar-refractivity contribution >= 4 is 17.4 Å². The minimum atomic E-state index is -0.361. The zero-order chi connectivity index (χ0) is 20.1. The molecule has 0 atom stereocenters. The maximum atomic E-state index is 13.6. The Bertz CT molecular complexity index is 1010. The molecule has 1 amide bonds. The second-order valence-electron chi connectivity index (χ2n) is 6.38. The smallest absolute Gasteiger partial charge is 0.271 e. The number of ether oxygens (including phenoxy) is 2. The Morgan fingerprint density at radius 3 is 2.62 bits per heavy atom. The Hall–Kier alpha value is -3.68. The zero-order valence-electron chi connectivity index (χ0n) is 15.5. The number of fused-ring (bicyclic) bond motifs is 1. The van der Waals surface area contributed by atoms with Gasteiger partial charge in [-0.25, -0.2) is 4.39 Å². The first-order chi connectivity index (χ1) is 14.2. The van der Waals surface area contributed by atoms with Gasteiger partial charge in [-0.3, -0.25) is 4.79 Å². The molecule has 0 spiro atoms. The highest BCUT2D eigenvalue weighted by molar-refractivity contribution is 5.92. The van der Waals surface area contributed by atoms with Crippen molar-refractivity contribution in [1.29, 1.82) is 0 Å². The second kappa shape index (κ2) is 8.55. The first-order valence-corrected chi connectivity index (χ1v) is 9.21. The molecule has 0 radical (unpaired) electrons. The highest BCUT2D eigenvalue weighted by Gasteiger charge is 2.13. The Balaban J connectivity index is 1.32. The van der Waals surface area contributed by atoms with Crippen LogP contribution in [0.2, 0.25) is 0 Å². The molecule has 0 aliphatic carbocycles. The Kier molecular flexibility index (Phi) is 5.51. The zero-order valence-corrected chi connectivity index (χ0v) is 15.5. The molecule has 29 heavy (non-hydrogen) atoms. The van der Waals surface area contributed by atoms with E-state index >= 15 is 0 Å². The predicted molar refractivity (Wildman–Crippen MR) is 105 cm³/mol. The van der Waals surface area contributed by atoms with Gasteiger partial charge in [0.05, 0.1) is 0 Å². The highest BCUT2D eigenvalue weighted by atomic mass is 19.1. The number of hydrogen-bond acceptors (Lipinski definition) is 6. The van der Waals surface area contributed by atoms with E-state index in [9.17, 15) is 9.18 Å². The van der Waals surface area contributed by atoms with Crippen LogP contribution in [0.15, 0.2) is 54.6 Å². The van der Waals surface area contributed by atoms with Crippen LogP contribution in [-0.2, 0) is 6.42 Å². The van der Waals surface area contributed by atoms with Gasteiger partial charge in [0.2, 0.25) is 0 Å². The molecule has 148 valence electrons. The van der Waals surface area contributed by atoms with Gasteiger partial charge in [-0.05, 0) is 42.3 Å². The van der Waals surface area contributed by atoms with Crippen molar-refractivity contribution < 1.29 is 18.7 Å². The van der Waals surface area contributed by atoms with Crippen molar-refractivity contribution in [3.05, 3.63) is 71.7 Å². The summed E-state index contributed by atoms with van der Waals surface area (Å²) < 4.78 is 24.6. The van der Waals surface area contributed by atoms with Gasteiger partial charge in [0.25, 0.3) is 5.91 Å². The van der Waals surface area contributed by atoms with E-state index in [1.54, 1.807) is 30.3 Å². The number of amides is 1. The van der Waals surface area contributed by atoms with Crippen LogP contribution in [0, 0.1) is 5.82 Å². The maximum Gasteiger partial charge on any atom is 0.271 e. The lowest BCUT2D eigenvalue weighted by Crippen LogP contribution is -2.27. The number of aromatic nitrogens is 2. The number of halogens is 1. The fourth-order valence-electron chi connectivity index (χ4n) is 2.89. The fourth-order valence-corrected chi connectivity index (χ4v) is 2.89. The molecular formula is C21H19FN4O3. The molecule has 3 aromatic rings. The van der Waals surface area contributed by atoms with E-state index in [0.717, 1.165) is 5.69 Å². The summed E-state index contributed by atoms with van der Waals surface area (Å²) in [5.74, 6) is 1.22. The summed E-state index contributed by atoms with van der Waals surface area (Å²) >= 11 is 0. The molecule has 0 saturated heterocycles. The van der Waals surface area contributed by atoms with E-state index < -0.39 is 0 Å². The van der Waals surface area contributed by atoms with Crippen molar-refractivity contribution in [3.63, 3.8) is 0 Å². The van der Waals surface area contributed by atoms with E-state index in [1.807, 2.05) is 18.2 Å². The summed E-state index contributed by atoms with van der Waals surface area (Å²) in [5.41, 5.74) is 1.51. The number of hydrogen-bond donors (Lipinski definition) is 2. The molecule has 1 aliphatic heterocycles. The van der Waals surface area contributed by atoms with Crippen LogP contribution >= 0.6 is 0 Å². The molecular weight excluding hydrogens is 375 g/mol. The molecule has 1 aromatic heterocycles. The molecule has 7 nitrogen and oxygen atoms in total. The number of carbonyl (C=O) groups excluding carboxylic acids is 1. The van der Waals surface area contributed by atoms with Crippen LogP contribution in [-0.4, -0.2) is 35.9 Å². The van der Waals surface area contributed by atoms with E-state index in [-0.39, 0.29) is 17.4 Å². The average molecular weight is 394 g/mol. The van der Waals surface area contributed by atoms with Crippen LogP contribution in [0.5, 0.6) is 11.5 Å². The molecule has 2 aromatic carbocycles. The van der Waals surface area contributed by atoms with Crippen LogP contribution < -0.4 is 20.1 Å². The van der Waals surface area contributed by atoms with Gasteiger partial charge < -0.3 is 20.1 Å². The summed E-state index contributed by atoms with van der Waals surface area (Å²) in [7, 11) is 0. The predicted octanol–water partition coefficient (Wildman–Crippen LogP) is 3.10. The van der Waals surface area contributed by atoms with Crippen LogP contribution in [0.1, 0.15) is 16.1 Å². The number of nitrogens with zero attached hydrogens (tertiary/aromatic N) is 2. The molecule has 2 heterocycles. The normalized spacial score (nSPS) is 12.3. The van der Waals surface area contributed by atoms with Gasteiger partial charge in [0.1, 0.15) is 19.0 Å². The summed E-state index contributed by atoms with van der Waals surface area (Å²) in [6.07, 6.45) is 0.398. The third kappa shape index (κ3) is 4.60. The summed E-state index contributed by atoms with van der Waals surface area (Å²) in [6.45, 7) is 1.35. The second-order valence-corrected chi connectivity index (χ2v) is 6.38. The molecule has 0 saturated carbocycles. The minimum Gasteiger partial charge on any atom is -0.486 e. The monoisotopic (exact) mass is 394 g/mol. The fraction of sp³-hybridized carbons (Fsp3) is 0.190. The molecule has 0 fully saturated rings. The summed E-state index contributed by atoms with van der Waals surface area (Å²) in [4.78, 5) is 12.2. The van der Waals surface area contributed by atoms with Crippen molar-refractivity contribution in [3.8, 4) is 11.5 Å². The van der Waals surface area contributed by atoms with E-state index in [1.165, 1.54) is 6.07 Å². The summed E-state index contributed by atoms with van der Waals surface area (Å²) in [5, 5.41) is 13.8. The van der Waals surface area contributed by atoms with Gasteiger partial charge in [-0.15, -0.1) is 10.2 Å². The topological polar surface area (TPSA) is 85.4 Å². The van der Waals surface area contributed by atoms with Crippen molar-refractivity contribution in [1.82, 2.24) is 15.5 Å². The SMILES string of the molecule is O=C(NCCc1ccccc1F)c1ccc(Nc2ccc3c(c2)OCCO3)nn1. The van der Waals surface area contributed by atoms with Crippen LogP contribution in [0.3, 0.4) is 0 Å². The molecule has 1 aliphatic rings. The van der Waals surface area contributed by atoms with Gasteiger partial charge in [0.15, 0.2) is 23.0 Å². The van der Waals surface area contributed by atoms with E-state index in [0.29, 0.717) is 49.1 Å². The first-order valence-electron chi connectivity index (χ1n) is 9.21. The lowest BCUT2D eigenvalue weighted by molar-refractivity contribution is 0.0948. The number of anilines is 2. The number of benzene rings is 2. The van der Waals surface area contributed by atoms with Crippen molar-refractivity contribution in [2.24, 2.45) is 0 Å². The number of rotatable bonds is 6. The molecule has 0 bridgehead atoms. The Labute approximate surface area is 166 Å². The third-order valence-corrected chi connectivity index (χ3v) is 4.35. The standard InChI is InChI=1S/C21H19FN4O3/c22-16-4-2-1-3-14(16)9-10-23-21(27)17-6-8-20(26-25-17)24-15-5-7-18-19(13-15)29-12-11-28-18/h1-8,13H,9-12H2,(H,23,27)(H,24,26). The van der Waals surface area contributed by atoms with Crippen molar-refractivity contribution in [2.75, 3.05) is 25.1 Å². The number of carbonyl (C=O) groups is 1.